The third kappa shape index (κ3) is 3.46. The minimum absolute atomic E-state index is 0.184. The predicted octanol–water partition coefficient (Wildman–Crippen LogP) is 3.71. The summed E-state index contributed by atoms with van der Waals surface area (Å²) in [6, 6.07) is 19.2. The van der Waals surface area contributed by atoms with E-state index >= 15 is 0 Å². The van der Waals surface area contributed by atoms with Gasteiger partial charge in [-0.15, -0.1) is 0 Å². The topological polar surface area (TPSA) is 44.8 Å². The van der Waals surface area contributed by atoms with Gasteiger partial charge in [-0.1, -0.05) is 36.4 Å². The number of amides is 2. The highest BCUT2D eigenvalue weighted by molar-refractivity contribution is 5.90. The molecule has 2 aromatic carbocycles. The van der Waals surface area contributed by atoms with Crippen LogP contribution >= 0.6 is 0 Å². The molecule has 1 unspecified atom stereocenters. The van der Waals surface area contributed by atoms with Gasteiger partial charge < -0.3 is 10.1 Å². The molecule has 1 atom stereocenters. The van der Waals surface area contributed by atoms with Crippen LogP contribution in [0.2, 0.25) is 0 Å². The Morgan fingerprint density at radius 1 is 1.13 bits per heavy atom. The van der Waals surface area contributed by atoms with Crippen LogP contribution in [-0.4, -0.2) is 30.4 Å². The van der Waals surface area contributed by atoms with Gasteiger partial charge in [0.1, 0.15) is 0 Å². The number of carbonyl (C=O) groups excluding carboxylic acids is 1. The summed E-state index contributed by atoms with van der Waals surface area (Å²) in [5, 5.41) is 6.58. The summed E-state index contributed by atoms with van der Waals surface area (Å²) in [5.74, 6) is 0. The van der Waals surface area contributed by atoms with Gasteiger partial charge in [-0.2, -0.15) is 0 Å². The highest BCUT2D eigenvalue weighted by atomic mass is 16.5. The van der Waals surface area contributed by atoms with Gasteiger partial charge in [0.15, 0.2) is 6.23 Å². The molecule has 1 aliphatic heterocycles. The first-order valence-electron chi connectivity index (χ1n) is 7.89. The van der Waals surface area contributed by atoms with Crippen molar-refractivity contribution in [3.8, 4) is 0 Å². The first-order valence-corrected chi connectivity index (χ1v) is 7.89. The van der Waals surface area contributed by atoms with Crippen LogP contribution in [0.4, 0.5) is 16.2 Å². The maximum atomic E-state index is 12.8. The van der Waals surface area contributed by atoms with Crippen molar-refractivity contribution < 1.29 is 9.53 Å². The van der Waals surface area contributed by atoms with Gasteiger partial charge in [0, 0.05) is 25.3 Å². The van der Waals surface area contributed by atoms with Crippen LogP contribution in [0.25, 0.3) is 0 Å². The van der Waals surface area contributed by atoms with Crippen LogP contribution < -0.4 is 10.3 Å². The summed E-state index contributed by atoms with van der Waals surface area (Å²) >= 11 is 0. The van der Waals surface area contributed by atoms with Gasteiger partial charge >= 0.3 is 6.03 Å². The zero-order chi connectivity index (χ0) is 16.1. The zero-order valence-electron chi connectivity index (χ0n) is 13.2. The first-order chi connectivity index (χ1) is 11.3. The van der Waals surface area contributed by atoms with Gasteiger partial charge in [-0.25, -0.2) is 9.80 Å². The van der Waals surface area contributed by atoms with Crippen molar-refractivity contribution in [1.82, 2.24) is 5.01 Å². The summed E-state index contributed by atoms with van der Waals surface area (Å²) in [7, 11) is 0. The van der Waals surface area contributed by atoms with E-state index in [0.717, 1.165) is 24.3 Å². The fraction of sp³-hybridized carbons (Fsp3) is 0.278. The lowest BCUT2D eigenvalue weighted by atomic mass is 10.3. The number of urea groups is 1. The fourth-order valence-corrected chi connectivity index (χ4v) is 2.76. The highest BCUT2D eigenvalue weighted by Crippen LogP contribution is 2.27. The van der Waals surface area contributed by atoms with Gasteiger partial charge in [0.25, 0.3) is 0 Å². The van der Waals surface area contributed by atoms with Gasteiger partial charge in [0.05, 0.1) is 5.69 Å². The first kappa shape index (κ1) is 15.4. The number of hydrogen-bond donors (Lipinski definition) is 1. The van der Waals surface area contributed by atoms with Crippen molar-refractivity contribution in [3.63, 3.8) is 0 Å². The Bertz CT molecular complexity index is 633. The second-order valence-corrected chi connectivity index (χ2v) is 5.30. The molecule has 0 aliphatic carbocycles. The summed E-state index contributed by atoms with van der Waals surface area (Å²) in [6.45, 7) is 3.26. The Hall–Kier alpha value is -2.53. The van der Waals surface area contributed by atoms with Gasteiger partial charge in [0.2, 0.25) is 0 Å². The average molecular weight is 311 g/mol. The Morgan fingerprint density at radius 3 is 2.43 bits per heavy atom. The molecule has 0 saturated carbocycles. The molecule has 3 rings (SSSR count). The predicted molar refractivity (Wildman–Crippen MR) is 91.1 cm³/mol. The summed E-state index contributed by atoms with van der Waals surface area (Å²) < 4.78 is 5.75. The van der Waals surface area contributed by atoms with E-state index in [2.05, 4.69) is 5.32 Å². The molecular formula is C18H21N3O2. The molecule has 2 aromatic rings. The molecule has 1 fully saturated rings. The standard InChI is InChI=1S/C18H21N3O2/c1-2-23-17-13-14-20(16-11-7-4-8-12-16)21(17)18(22)19-15-9-5-3-6-10-15/h3-12,17H,2,13-14H2,1H3,(H,19,22). The van der Waals surface area contributed by atoms with Crippen molar-refractivity contribution in [2.75, 3.05) is 23.5 Å². The van der Waals surface area contributed by atoms with Crippen LogP contribution in [0, 0.1) is 0 Å². The third-order valence-electron chi connectivity index (χ3n) is 3.77. The molecule has 1 heterocycles. The van der Waals surface area contributed by atoms with E-state index in [4.69, 9.17) is 4.74 Å². The van der Waals surface area contributed by atoms with Crippen molar-refractivity contribution in [2.45, 2.75) is 19.6 Å². The molecule has 2 amide bonds. The summed E-state index contributed by atoms with van der Waals surface area (Å²) in [4.78, 5) is 12.8. The van der Waals surface area contributed by atoms with Crippen molar-refractivity contribution in [2.24, 2.45) is 0 Å². The molecule has 1 aliphatic rings. The fourth-order valence-electron chi connectivity index (χ4n) is 2.76. The van der Waals surface area contributed by atoms with E-state index in [1.165, 1.54) is 0 Å². The molecule has 1 saturated heterocycles. The Balaban J connectivity index is 1.82. The number of hydrogen-bond acceptors (Lipinski definition) is 3. The van der Waals surface area contributed by atoms with Crippen LogP contribution in [0.1, 0.15) is 13.3 Å². The molecule has 0 spiro atoms. The van der Waals surface area contributed by atoms with E-state index in [-0.39, 0.29) is 12.3 Å². The average Bonchev–Trinajstić information content (AvgIpc) is 3.01. The molecule has 120 valence electrons. The lowest BCUT2D eigenvalue weighted by Gasteiger charge is -2.33. The SMILES string of the molecule is CCOC1CCN(c2ccccc2)N1C(=O)Nc1ccccc1. The number of anilines is 2. The van der Waals surface area contributed by atoms with E-state index < -0.39 is 0 Å². The lowest BCUT2D eigenvalue weighted by molar-refractivity contribution is -0.0101. The number of nitrogens with one attached hydrogen (secondary N) is 1. The Morgan fingerprint density at radius 2 is 1.78 bits per heavy atom. The molecular weight excluding hydrogens is 290 g/mol. The van der Waals surface area contributed by atoms with Crippen molar-refractivity contribution in [3.05, 3.63) is 60.7 Å². The van der Waals surface area contributed by atoms with Crippen molar-refractivity contribution >= 4 is 17.4 Å². The largest absolute Gasteiger partial charge is 0.357 e. The van der Waals surface area contributed by atoms with E-state index in [1.807, 2.05) is 72.6 Å². The Labute approximate surface area is 136 Å². The molecule has 1 N–H and O–H groups in total. The third-order valence-corrected chi connectivity index (χ3v) is 3.77. The number of para-hydroxylation sites is 2. The maximum Gasteiger partial charge on any atom is 0.343 e. The molecule has 0 bridgehead atoms. The maximum absolute atomic E-state index is 12.8. The van der Waals surface area contributed by atoms with E-state index in [9.17, 15) is 4.79 Å². The number of carbonyl (C=O) groups is 1. The molecule has 23 heavy (non-hydrogen) atoms. The normalized spacial score (nSPS) is 17.3. The van der Waals surface area contributed by atoms with Crippen LogP contribution in [0.5, 0.6) is 0 Å². The quantitative estimate of drug-likeness (QED) is 0.936. The number of nitrogens with zero attached hydrogens (tertiary/aromatic N) is 2. The Kier molecular flexibility index (Phi) is 4.78. The van der Waals surface area contributed by atoms with Gasteiger partial charge in [-0.3, -0.25) is 5.01 Å². The zero-order valence-corrected chi connectivity index (χ0v) is 13.2. The van der Waals surface area contributed by atoms with E-state index in [1.54, 1.807) is 5.01 Å². The molecule has 5 nitrogen and oxygen atoms in total. The summed E-state index contributed by atoms with van der Waals surface area (Å²) in [6.07, 6.45) is 0.536. The lowest BCUT2D eigenvalue weighted by Crippen LogP contribution is -2.48. The molecule has 5 heteroatoms. The second kappa shape index (κ2) is 7.15. The number of rotatable bonds is 4. The van der Waals surface area contributed by atoms with Crippen LogP contribution in [0.15, 0.2) is 60.7 Å². The number of ether oxygens (including phenoxy) is 1. The summed E-state index contributed by atoms with van der Waals surface area (Å²) in [5.41, 5.74) is 1.76. The minimum atomic E-state index is -0.246. The number of hydrazine groups is 1. The molecule has 0 radical (unpaired) electrons. The van der Waals surface area contributed by atoms with Crippen LogP contribution in [-0.2, 0) is 4.74 Å². The minimum Gasteiger partial charge on any atom is -0.357 e. The van der Waals surface area contributed by atoms with E-state index in [0.29, 0.717) is 6.61 Å². The molecule has 0 aromatic heterocycles. The smallest absolute Gasteiger partial charge is 0.343 e. The monoisotopic (exact) mass is 311 g/mol. The number of benzene rings is 2. The van der Waals surface area contributed by atoms with Crippen molar-refractivity contribution in [1.29, 1.82) is 0 Å². The van der Waals surface area contributed by atoms with Crippen LogP contribution in [0.3, 0.4) is 0 Å². The highest BCUT2D eigenvalue weighted by Gasteiger charge is 2.36. The van der Waals surface area contributed by atoms with Gasteiger partial charge in [-0.05, 0) is 31.2 Å². The second-order valence-electron chi connectivity index (χ2n) is 5.30.